The van der Waals surface area contributed by atoms with Gasteiger partial charge in [-0.15, -0.1) is 0 Å². The van der Waals surface area contributed by atoms with E-state index in [1.807, 2.05) is 0 Å². The number of aromatic nitrogens is 1. The molecule has 0 bridgehead atoms. The lowest BCUT2D eigenvalue weighted by Gasteiger charge is -2.18. The molecule has 0 saturated heterocycles. The average Bonchev–Trinajstić information content (AvgIpc) is 2.93. The monoisotopic (exact) mass is 294 g/mol. The van der Waals surface area contributed by atoms with Gasteiger partial charge in [-0.2, -0.15) is 11.8 Å². The van der Waals surface area contributed by atoms with Crippen LogP contribution in [0.1, 0.15) is 35.3 Å². The van der Waals surface area contributed by atoms with Crippen LogP contribution in [0.3, 0.4) is 0 Å². The van der Waals surface area contributed by atoms with Crippen molar-refractivity contribution in [1.82, 2.24) is 10.3 Å². The molecular formula is C13H18N4O2S. The molecule has 2 rings (SSSR count). The largest absolute Gasteiger partial charge is 0.409 e. The zero-order valence-electron chi connectivity index (χ0n) is 11.2. The van der Waals surface area contributed by atoms with Gasteiger partial charge in [0.1, 0.15) is 5.69 Å². The molecule has 2 atom stereocenters. The van der Waals surface area contributed by atoms with Crippen LogP contribution < -0.4 is 11.1 Å². The van der Waals surface area contributed by atoms with Crippen LogP contribution in [0, 0.1) is 0 Å². The summed E-state index contributed by atoms with van der Waals surface area (Å²) in [6, 6.07) is 3.40. The molecule has 1 aromatic rings. The van der Waals surface area contributed by atoms with E-state index in [0.29, 0.717) is 16.5 Å². The van der Waals surface area contributed by atoms with Crippen LogP contribution in [0.5, 0.6) is 0 Å². The number of pyridine rings is 1. The molecule has 4 N–H and O–H groups in total. The van der Waals surface area contributed by atoms with Crippen LogP contribution in [-0.4, -0.2) is 39.5 Å². The maximum Gasteiger partial charge on any atom is 0.270 e. The van der Waals surface area contributed by atoms with Gasteiger partial charge in [0.2, 0.25) is 0 Å². The Labute approximate surface area is 121 Å². The number of hydrogen-bond acceptors (Lipinski definition) is 5. The fourth-order valence-electron chi connectivity index (χ4n) is 2.35. The Morgan fingerprint density at radius 3 is 2.95 bits per heavy atom. The van der Waals surface area contributed by atoms with Crippen molar-refractivity contribution in [2.45, 2.75) is 30.6 Å². The zero-order valence-corrected chi connectivity index (χ0v) is 12.1. The van der Waals surface area contributed by atoms with E-state index < -0.39 is 0 Å². The Balaban J connectivity index is 2.02. The molecule has 20 heavy (non-hydrogen) atoms. The summed E-state index contributed by atoms with van der Waals surface area (Å²) in [5, 5.41) is 15.0. The summed E-state index contributed by atoms with van der Waals surface area (Å²) in [5.41, 5.74) is 6.26. The smallest absolute Gasteiger partial charge is 0.270 e. The van der Waals surface area contributed by atoms with Gasteiger partial charge in [0, 0.05) is 23.1 Å². The van der Waals surface area contributed by atoms with Crippen LogP contribution in [-0.2, 0) is 0 Å². The number of amides is 1. The Kier molecular flexibility index (Phi) is 4.84. The van der Waals surface area contributed by atoms with Crippen LogP contribution in [0.2, 0.25) is 0 Å². The molecule has 1 aliphatic rings. The Bertz CT molecular complexity index is 504. The number of carbonyl (C=O) groups is 1. The summed E-state index contributed by atoms with van der Waals surface area (Å²) >= 11 is 1.79. The first kappa shape index (κ1) is 14.6. The molecule has 108 valence electrons. The van der Waals surface area contributed by atoms with Crippen LogP contribution in [0.15, 0.2) is 23.5 Å². The van der Waals surface area contributed by atoms with E-state index in [1.165, 1.54) is 6.20 Å². The lowest BCUT2D eigenvalue weighted by molar-refractivity contribution is 0.0933. The fourth-order valence-corrected chi connectivity index (χ4v) is 3.29. The molecule has 2 unspecified atom stereocenters. The SMILES string of the molecule is CSC1CCCC1NC(=O)c1ccc(/C(N)=N/O)cn1. The summed E-state index contributed by atoms with van der Waals surface area (Å²) < 4.78 is 0. The van der Waals surface area contributed by atoms with Gasteiger partial charge in [0.05, 0.1) is 0 Å². The topological polar surface area (TPSA) is 101 Å². The van der Waals surface area contributed by atoms with Gasteiger partial charge in [0.25, 0.3) is 5.91 Å². The van der Waals surface area contributed by atoms with Crippen LogP contribution in [0.4, 0.5) is 0 Å². The number of hydrogen-bond donors (Lipinski definition) is 3. The molecule has 1 heterocycles. The number of nitrogens with one attached hydrogen (secondary N) is 1. The minimum Gasteiger partial charge on any atom is -0.409 e. The summed E-state index contributed by atoms with van der Waals surface area (Å²) in [7, 11) is 0. The molecule has 6 nitrogen and oxygen atoms in total. The van der Waals surface area contributed by atoms with E-state index in [4.69, 9.17) is 10.9 Å². The Morgan fingerprint density at radius 1 is 1.55 bits per heavy atom. The molecule has 0 aromatic carbocycles. The molecule has 1 aromatic heterocycles. The Morgan fingerprint density at radius 2 is 2.35 bits per heavy atom. The molecule has 1 aliphatic carbocycles. The highest BCUT2D eigenvalue weighted by Crippen LogP contribution is 2.28. The van der Waals surface area contributed by atoms with Gasteiger partial charge in [-0.3, -0.25) is 9.78 Å². The van der Waals surface area contributed by atoms with E-state index in [1.54, 1.807) is 23.9 Å². The number of oxime groups is 1. The normalized spacial score (nSPS) is 22.8. The van der Waals surface area contributed by atoms with E-state index in [2.05, 4.69) is 21.7 Å². The first-order chi connectivity index (χ1) is 9.65. The number of rotatable bonds is 4. The molecule has 0 aliphatic heterocycles. The van der Waals surface area contributed by atoms with Gasteiger partial charge in [-0.1, -0.05) is 11.6 Å². The second-order valence-corrected chi connectivity index (χ2v) is 5.78. The third kappa shape index (κ3) is 3.22. The zero-order chi connectivity index (χ0) is 14.5. The van der Waals surface area contributed by atoms with Crippen molar-refractivity contribution in [3.05, 3.63) is 29.6 Å². The van der Waals surface area contributed by atoms with Crippen molar-refractivity contribution < 1.29 is 10.0 Å². The maximum absolute atomic E-state index is 12.1. The average molecular weight is 294 g/mol. The molecular weight excluding hydrogens is 276 g/mol. The standard InChI is InChI=1S/C13H18N4O2S/c1-20-11-4-2-3-9(11)16-13(18)10-6-5-8(7-15-10)12(14)17-19/h5-7,9,11,19H,2-4H2,1H3,(H2,14,17)(H,16,18). The van der Waals surface area contributed by atoms with Gasteiger partial charge in [-0.05, 0) is 31.2 Å². The minimum absolute atomic E-state index is 0.0253. The van der Waals surface area contributed by atoms with Crippen LogP contribution >= 0.6 is 11.8 Å². The van der Waals surface area contributed by atoms with E-state index in [9.17, 15) is 4.79 Å². The van der Waals surface area contributed by atoms with E-state index in [-0.39, 0.29) is 17.8 Å². The summed E-state index contributed by atoms with van der Waals surface area (Å²) in [5.74, 6) is -0.204. The third-order valence-electron chi connectivity index (χ3n) is 3.47. The van der Waals surface area contributed by atoms with Crippen LogP contribution in [0.25, 0.3) is 0 Å². The van der Waals surface area contributed by atoms with E-state index >= 15 is 0 Å². The summed E-state index contributed by atoms with van der Waals surface area (Å²) in [6.45, 7) is 0. The van der Waals surface area contributed by atoms with Crippen molar-refractivity contribution in [1.29, 1.82) is 0 Å². The first-order valence-electron chi connectivity index (χ1n) is 6.43. The quantitative estimate of drug-likeness (QED) is 0.335. The minimum atomic E-state index is -0.179. The highest BCUT2D eigenvalue weighted by molar-refractivity contribution is 7.99. The molecule has 7 heteroatoms. The second-order valence-electron chi connectivity index (χ2n) is 4.70. The fraction of sp³-hybridized carbons (Fsp3) is 0.462. The van der Waals surface area contributed by atoms with Gasteiger partial charge < -0.3 is 16.3 Å². The van der Waals surface area contributed by atoms with Crippen molar-refractivity contribution in [2.24, 2.45) is 10.9 Å². The highest BCUT2D eigenvalue weighted by Gasteiger charge is 2.28. The van der Waals surface area contributed by atoms with Gasteiger partial charge >= 0.3 is 0 Å². The molecule has 0 spiro atoms. The van der Waals surface area contributed by atoms with Crippen molar-refractivity contribution in [3.63, 3.8) is 0 Å². The summed E-state index contributed by atoms with van der Waals surface area (Å²) in [4.78, 5) is 16.2. The van der Waals surface area contributed by atoms with Crippen molar-refractivity contribution >= 4 is 23.5 Å². The summed E-state index contributed by atoms with van der Waals surface area (Å²) in [6.07, 6.45) is 6.79. The molecule has 1 amide bonds. The third-order valence-corrected chi connectivity index (χ3v) is 4.64. The number of nitrogens with zero attached hydrogens (tertiary/aromatic N) is 2. The number of carbonyl (C=O) groups excluding carboxylic acids is 1. The van der Waals surface area contributed by atoms with Crippen molar-refractivity contribution in [2.75, 3.05) is 6.26 Å². The van der Waals surface area contributed by atoms with Gasteiger partial charge in [0.15, 0.2) is 5.84 Å². The predicted octanol–water partition coefficient (Wildman–Crippen LogP) is 1.19. The second kappa shape index (κ2) is 6.60. The lowest BCUT2D eigenvalue weighted by atomic mass is 10.2. The molecule has 0 radical (unpaired) electrons. The van der Waals surface area contributed by atoms with Crippen molar-refractivity contribution in [3.8, 4) is 0 Å². The molecule has 1 saturated carbocycles. The number of thioether (sulfide) groups is 1. The Hall–Kier alpha value is -1.76. The molecule has 1 fully saturated rings. The highest BCUT2D eigenvalue weighted by atomic mass is 32.2. The lowest BCUT2D eigenvalue weighted by Crippen LogP contribution is -2.39. The van der Waals surface area contributed by atoms with E-state index in [0.717, 1.165) is 19.3 Å². The number of nitrogens with two attached hydrogens (primary N) is 1. The number of amidine groups is 1. The van der Waals surface area contributed by atoms with Gasteiger partial charge in [-0.25, -0.2) is 0 Å². The maximum atomic E-state index is 12.1. The first-order valence-corrected chi connectivity index (χ1v) is 7.72. The predicted molar refractivity (Wildman–Crippen MR) is 79.2 cm³/mol.